The number of benzene rings is 1. The van der Waals surface area contributed by atoms with Gasteiger partial charge in [-0.15, -0.1) is 11.3 Å². The molecule has 2 aliphatic rings. The van der Waals surface area contributed by atoms with Crippen molar-refractivity contribution in [2.45, 2.75) is 45.1 Å². The van der Waals surface area contributed by atoms with Crippen molar-refractivity contribution in [3.63, 3.8) is 0 Å². The Balaban J connectivity index is 1.36. The SMILES string of the molecule is CCOC(=O)/C=C/c1cccc(-c2cc3nc(C(=O)N4CCc5sccc5[C@H]4C)cc(C4CC4)n3n2)c1F. The molecule has 4 heterocycles. The molecule has 1 aliphatic heterocycles. The maximum absolute atomic E-state index is 15.4. The summed E-state index contributed by atoms with van der Waals surface area (Å²) in [5.74, 6) is -0.822. The summed E-state index contributed by atoms with van der Waals surface area (Å²) in [6.45, 7) is 4.68. The molecule has 4 aromatic rings. The number of esters is 1. The van der Waals surface area contributed by atoms with Crippen LogP contribution in [0.1, 0.15) is 70.8 Å². The van der Waals surface area contributed by atoms with Gasteiger partial charge in [-0.25, -0.2) is 18.7 Å². The number of ether oxygens (including phenoxy) is 1. The molecular formula is C29H27FN4O3S. The summed E-state index contributed by atoms with van der Waals surface area (Å²) in [5.41, 5.74) is 4.00. The van der Waals surface area contributed by atoms with Crippen molar-refractivity contribution in [3.8, 4) is 11.3 Å². The highest BCUT2D eigenvalue weighted by Gasteiger charge is 2.33. The van der Waals surface area contributed by atoms with Gasteiger partial charge in [-0.2, -0.15) is 5.10 Å². The van der Waals surface area contributed by atoms with Gasteiger partial charge >= 0.3 is 5.97 Å². The molecule has 0 bridgehead atoms. The second kappa shape index (κ2) is 9.79. The molecule has 38 heavy (non-hydrogen) atoms. The Morgan fingerprint density at radius 3 is 2.87 bits per heavy atom. The Labute approximate surface area is 223 Å². The van der Waals surface area contributed by atoms with Gasteiger partial charge in [0.2, 0.25) is 0 Å². The summed E-state index contributed by atoms with van der Waals surface area (Å²) in [7, 11) is 0. The van der Waals surface area contributed by atoms with Crippen molar-refractivity contribution in [1.29, 1.82) is 0 Å². The zero-order chi connectivity index (χ0) is 26.4. The molecule has 6 rings (SSSR count). The molecule has 1 aliphatic carbocycles. The van der Waals surface area contributed by atoms with Crippen molar-refractivity contribution in [2.75, 3.05) is 13.2 Å². The predicted molar refractivity (Wildman–Crippen MR) is 143 cm³/mol. The molecule has 1 fully saturated rings. The zero-order valence-electron chi connectivity index (χ0n) is 21.2. The number of aromatic nitrogens is 3. The van der Waals surface area contributed by atoms with Gasteiger partial charge in [-0.3, -0.25) is 4.79 Å². The van der Waals surface area contributed by atoms with E-state index in [0.29, 0.717) is 35.1 Å². The van der Waals surface area contributed by atoms with E-state index in [-0.39, 0.29) is 24.1 Å². The highest BCUT2D eigenvalue weighted by molar-refractivity contribution is 7.10. The Hall–Kier alpha value is -3.85. The molecule has 0 N–H and O–H groups in total. The van der Waals surface area contributed by atoms with E-state index in [2.05, 4.69) is 18.4 Å². The largest absolute Gasteiger partial charge is 0.463 e. The normalized spacial score (nSPS) is 17.2. The van der Waals surface area contributed by atoms with Gasteiger partial charge in [0.15, 0.2) is 5.65 Å². The van der Waals surface area contributed by atoms with Crippen LogP contribution in [0.2, 0.25) is 0 Å². The number of carbonyl (C=O) groups excluding carboxylic acids is 2. The lowest BCUT2D eigenvalue weighted by molar-refractivity contribution is -0.137. The van der Waals surface area contributed by atoms with Crippen molar-refractivity contribution in [2.24, 2.45) is 0 Å². The van der Waals surface area contributed by atoms with Crippen LogP contribution in [0.5, 0.6) is 0 Å². The number of thiophene rings is 1. The fourth-order valence-electron chi connectivity index (χ4n) is 5.07. The molecule has 0 radical (unpaired) electrons. The van der Waals surface area contributed by atoms with Gasteiger partial charge in [0.05, 0.1) is 18.3 Å². The minimum atomic E-state index is -0.529. The standard InChI is InChI=1S/C29H27FN4O3S/c1-3-37-27(35)10-9-19-5-4-6-21(28(19)30)22-16-26-31-23(15-24(18-7-8-18)34(26)32-22)29(36)33-13-11-25-20(17(33)2)12-14-38-25/h4-6,9-10,12,14-18H,3,7-8,11,13H2,1-2H3/b10-9+/t17-/m1/s1. The molecule has 9 heteroatoms. The summed E-state index contributed by atoms with van der Waals surface area (Å²) in [4.78, 5) is 33.3. The maximum atomic E-state index is 15.4. The average molecular weight is 531 g/mol. The lowest BCUT2D eigenvalue weighted by atomic mass is 10.0. The van der Waals surface area contributed by atoms with Crippen LogP contribution >= 0.6 is 11.3 Å². The molecule has 0 spiro atoms. The van der Waals surface area contributed by atoms with Gasteiger partial charge in [-0.1, -0.05) is 12.1 Å². The lowest BCUT2D eigenvalue weighted by Crippen LogP contribution is -2.38. The summed E-state index contributed by atoms with van der Waals surface area (Å²) in [5, 5.41) is 6.78. The highest BCUT2D eigenvalue weighted by Crippen LogP contribution is 2.41. The summed E-state index contributed by atoms with van der Waals surface area (Å²) >= 11 is 1.74. The minimum absolute atomic E-state index is 0.0140. The molecular weight excluding hydrogens is 503 g/mol. The van der Waals surface area contributed by atoms with E-state index >= 15 is 4.39 Å². The first-order valence-electron chi connectivity index (χ1n) is 12.9. The molecule has 1 amide bonds. The topological polar surface area (TPSA) is 76.8 Å². The van der Waals surface area contributed by atoms with Crippen LogP contribution in [-0.2, 0) is 16.0 Å². The average Bonchev–Trinajstić information content (AvgIpc) is 3.47. The fraction of sp³-hybridized carbons (Fsp3) is 0.310. The van der Waals surface area contributed by atoms with Crippen LogP contribution < -0.4 is 0 Å². The third-order valence-electron chi connectivity index (χ3n) is 7.20. The van der Waals surface area contributed by atoms with Crippen molar-refractivity contribution in [1.82, 2.24) is 19.5 Å². The summed E-state index contributed by atoms with van der Waals surface area (Å²) in [6.07, 6.45) is 5.49. The Morgan fingerprint density at radius 2 is 2.08 bits per heavy atom. The second-order valence-corrected chi connectivity index (χ2v) is 10.7. The molecule has 3 aromatic heterocycles. The van der Waals surface area contributed by atoms with Crippen LogP contribution in [-0.4, -0.2) is 44.5 Å². The van der Waals surface area contributed by atoms with E-state index in [1.807, 2.05) is 11.0 Å². The van der Waals surface area contributed by atoms with E-state index in [4.69, 9.17) is 14.8 Å². The molecule has 0 saturated heterocycles. The molecule has 194 valence electrons. The second-order valence-electron chi connectivity index (χ2n) is 9.66. The lowest BCUT2D eigenvalue weighted by Gasteiger charge is -2.33. The summed E-state index contributed by atoms with van der Waals surface area (Å²) in [6, 6.07) is 10.6. The van der Waals surface area contributed by atoms with Gasteiger partial charge in [0, 0.05) is 46.3 Å². The molecule has 7 nitrogen and oxygen atoms in total. The molecule has 1 atom stereocenters. The Kier molecular flexibility index (Phi) is 6.31. The van der Waals surface area contributed by atoms with E-state index in [1.54, 1.807) is 47.0 Å². The monoisotopic (exact) mass is 530 g/mol. The van der Waals surface area contributed by atoms with Gasteiger partial charge in [-0.05, 0) is 68.3 Å². The fourth-order valence-corrected chi connectivity index (χ4v) is 6.03. The number of hydrogen-bond acceptors (Lipinski definition) is 6. The predicted octanol–water partition coefficient (Wildman–Crippen LogP) is 5.81. The third kappa shape index (κ3) is 4.41. The number of rotatable bonds is 6. The van der Waals surface area contributed by atoms with Gasteiger partial charge in [0.25, 0.3) is 5.91 Å². The minimum Gasteiger partial charge on any atom is -0.463 e. The van der Waals surface area contributed by atoms with E-state index in [1.165, 1.54) is 22.6 Å². The molecule has 0 unspecified atom stereocenters. The first kappa shape index (κ1) is 24.5. The number of fused-ring (bicyclic) bond motifs is 2. The maximum Gasteiger partial charge on any atom is 0.330 e. The van der Waals surface area contributed by atoms with Gasteiger partial charge < -0.3 is 9.64 Å². The Morgan fingerprint density at radius 1 is 1.24 bits per heavy atom. The Bertz CT molecular complexity index is 1590. The summed E-state index contributed by atoms with van der Waals surface area (Å²) < 4.78 is 22.1. The van der Waals surface area contributed by atoms with Crippen LogP contribution in [0, 0.1) is 5.82 Å². The van der Waals surface area contributed by atoms with E-state index in [0.717, 1.165) is 25.0 Å². The molecule has 1 aromatic carbocycles. The first-order valence-corrected chi connectivity index (χ1v) is 13.7. The van der Waals surface area contributed by atoms with Crippen LogP contribution in [0.15, 0.2) is 47.9 Å². The van der Waals surface area contributed by atoms with Gasteiger partial charge in [0.1, 0.15) is 11.5 Å². The third-order valence-corrected chi connectivity index (χ3v) is 8.19. The quantitative estimate of drug-likeness (QED) is 0.232. The number of nitrogens with zero attached hydrogens (tertiary/aromatic N) is 4. The van der Waals surface area contributed by atoms with Crippen LogP contribution in [0.25, 0.3) is 23.0 Å². The van der Waals surface area contributed by atoms with Crippen molar-refractivity contribution >= 4 is 34.9 Å². The number of amides is 1. The number of halogens is 1. The zero-order valence-corrected chi connectivity index (χ0v) is 22.0. The highest BCUT2D eigenvalue weighted by atomic mass is 32.1. The van der Waals surface area contributed by atoms with Crippen molar-refractivity contribution < 1.29 is 18.7 Å². The van der Waals surface area contributed by atoms with E-state index < -0.39 is 11.8 Å². The van der Waals surface area contributed by atoms with E-state index in [9.17, 15) is 9.59 Å². The number of carbonyl (C=O) groups is 2. The molecule has 1 saturated carbocycles. The van der Waals surface area contributed by atoms with Crippen LogP contribution in [0.3, 0.4) is 0 Å². The number of hydrogen-bond donors (Lipinski definition) is 0. The smallest absolute Gasteiger partial charge is 0.330 e. The van der Waals surface area contributed by atoms with Crippen molar-refractivity contribution in [3.05, 3.63) is 81.1 Å². The first-order chi connectivity index (χ1) is 18.4. The van der Waals surface area contributed by atoms with Crippen LogP contribution in [0.4, 0.5) is 4.39 Å².